The van der Waals surface area contributed by atoms with E-state index in [0.29, 0.717) is 6.42 Å². The summed E-state index contributed by atoms with van der Waals surface area (Å²) in [5.74, 6) is 0.199. The van der Waals surface area contributed by atoms with Crippen molar-refractivity contribution in [2.45, 2.75) is 19.9 Å². The lowest BCUT2D eigenvalue weighted by molar-refractivity contribution is 0.0963. The lowest BCUT2D eigenvalue weighted by atomic mass is 10.1. The topological polar surface area (TPSA) is 33.2 Å². The molecule has 0 bridgehead atoms. The summed E-state index contributed by atoms with van der Waals surface area (Å²) in [6, 6.07) is 15.4. The summed E-state index contributed by atoms with van der Waals surface area (Å²) in [5.41, 5.74) is 1.84. The molecule has 1 heterocycles. The quantitative estimate of drug-likeness (QED) is 0.723. The zero-order valence-electron chi connectivity index (χ0n) is 11.8. The van der Waals surface area contributed by atoms with Crippen LogP contribution in [0.3, 0.4) is 0 Å². The van der Waals surface area contributed by atoms with E-state index in [0.717, 1.165) is 30.9 Å². The number of hydrogen-bond donors (Lipinski definition) is 0. The summed E-state index contributed by atoms with van der Waals surface area (Å²) in [6.07, 6.45) is 2.35. The highest BCUT2D eigenvalue weighted by Gasteiger charge is 2.09. The van der Waals surface area contributed by atoms with Crippen LogP contribution in [0.25, 0.3) is 0 Å². The van der Waals surface area contributed by atoms with Crippen molar-refractivity contribution in [1.29, 1.82) is 0 Å². The van der Waals surface area contributed by atoms with Gasteiger partial charge < -0.3 is 0 Å². The Bertz CT molecular complexity index is 525. The number of Topliss-reactive ketones (excluding diaryl/α,β-unsaturated/α-hetero) is 1. The van der Waals surface area contributed by atoms with Crippen molar-refractivity contribution in [3.63, 3.8) is 0 Å². The molecule has 0 atom stereocenters. The van der Waals surface area contributed by atoms with Crippen LogP contribution in [0.5, 0.6) is 0 Å². The van der Waals surface area contributed by atoms with Gasteiger partial charge in [-0.25, -0.2) is 0 Å². The molecular weight excluding hydrogens is 248 g/mol. The Labute approximate surface area is 120 Å². The molecule has 0 unspecified atom stereocenters. The number of carbonyl (C=O) groups is 1. The molecule has 0 amide bonds. The first-order chi connectivity index (χ1) is 9.79. The maximum absolute atomic E-state index is 12.1. The minimum atomic E-state index is 0.199. The molecule has 0 aliphatic heterocycles. The van der Waals surface area contributed by atoms with E-state index in [-0.39, 0.29) is 5.78 Å². The van der Waals surface area contributed by atoms with E-state index in [9.17, 15) is 4.79 Å². The van der Waals surface area contributed by atoms with Crippen molar-refractivity contribution in [2.24, 2.45) is 0 Å². The third kappa shape index (κ3) is 4.28. The van der Waals surface area contributed by atoms with Crippen LogP contribution < -0.4 is 0 Å². The SMILES string of the molecule is CCN(CCC(=O)c1ccccc1)Cc1ccccn1. The molecule has 1 aromatic heterocycles. The lowest BCUT2D eigenvalue weighted by Gasteiger charge is -2.19. The smallest absolute Gasteiger partial charge is 0.164 e. The van der Waals surface area contributed by atoms with Crippen molar-refractivity contribution in [2.75, 3.05) is 13.1 Å². The second kappa shape index (κ2) is 7.56. The Morgan fingerprint density at radius 3 is 2.50 bits per heavy atom. The molecule has 0 saturated carbocycles. The van der Waals surface area contributed by atoms with Crippen LogP contribution in [0, 0.1) is 0 Å². The fourth-order valence-corrected chi connectivity index (χ4v) is 2.10. The van der Waals surface area contributed by atoms with Crippen LogP contribution in [0.4, 0.5) is 0 Å². The summed E-state index contributed by atoms with van der Waals surface area (Å²) < 4.78 is 0. The maximum Gasteiger partial charge on any atom is 0.164 e. The molecule has 0 spiro atoms. The number of aromatic nitrogens is 1. The normalized spacial score (nSPS) is 10.7. The van der Waals surface area contributed by atoms with E-state index >= 15 is 0 Å². The van der Waals surface area contributed by atoms with Crippen molar-refractivity contribution in [1.82, 2.24) is 9.88 Å². The van der Waals surface area contributed by atoms with E-state index in [1.54, 1.807) is 6.20 Å². The number of benzene rings is 1. The number of hydrogen-bond acceptors (Lipinski definition) is 3. The first-order valence-corrected chi connectivity index (χ1v) is 7.00. The van der Waals surface area contributed by atoms with Crippen LogP contribution >= 0.6 is 0 Å². The van der Waals surface area contributed by atoms with Gasteiger partial charge in [0.25, 0.3) is 0 Å². The second-order valence-corrected chi connectivity index (χ2v) is 4.73. The number of nitrogens with zero attached hydrogens (tertiary/aromatic N) is 2. The largest absolute Gasteiger partial charge is 0.297 e. The first kappa shape index (κ1) is 14.4. The van der Waals surface area contributed by atoms with E-state index in [2.05, 4.69) is 16.8 Å². The van der Waals surface area contributed by atoms with Crippen molar-refractivity contribution >= 4 is 5.78 Å². The maximum atomic E-state index is 12.1. The first-order valence-electron chi connectivity index (χ1n) is 7.00. The lowest BCUT2D eigenvalue weighted by Crippen LogP contribution is -2.26. The van der Waals surface area contributed by atoms with Crippen LogP contribution in [0.15, 0.2) is 54.7 Å². The van der Waals surface area contributed by atoms with E-state index in [1.165, 1.54) is 0 Å². The number of pyridine rings is 1. The van der Waals surface area contributed by atoms with Gasteiger partial charge in [-0.3, -0.25) is 14.7 Å². The van der Waals surface area contributed by atoms with Gasteiger partial charge in [-0.2, -0.15) is 0 Å². The van der Waals surface area contributed by atoms with Gasteiger partial charge in [-0.05, 0) is 18.7 Å². The number of rotatable bonds is 7. The fourth-order valence-electron chi connectivity index (χ4n) is 2.10. The molecule has 0 aliphatic rings. The van der Waals surface area contributed by atoms with E-state index in [1.807, 2.05) is 48.5 Å². The van der Waals surface area contributed by atoms with Gasteiger partial charge in [0.15, 0.2) is 5.78 Å². The van der Waals surface area contributed by atoms with Gasteiger partial charge in [0, 0.05) is 31.3 Å². The third-order valence-electron chi connectivity index (χ3n) is 3.31. The molecule has 3 nitrogen and oxygen atoms in total. The molecule has 20 heavy (non-hydrogen) atoms. The molecule has 2 aromatic rings. The summed E-state index contributed by atoms with van der Waals surface area (Å²) >= 11 is 0. The minimum absolute atomic E-state index is 0.199. The molecule has 2 rings (SSSR count). The van der Waals surface area contributed by atoms with Gasteiger partial charge in [0.1, 0.15) is 0 Å². The Balaban J connectivity index is 1.86. The fraction of sp³-hybridized carbons (Fsp3) is 0.294. The summed E-state index contributed by atoms with van der Waals surface area (Å²) in [6.45, 7) is 4.58. The highest BCUT2D eigenvalue weighted by Crippen LogP contribution is 2.06. The molecule has 3 heteroatoms. The zero-order valence-corrected chi connectivity index (χ0v) is 11.8. The van der Waals surface area contributed by atoms with E-state index in [4.69, 9.17) is 0 Å². The van der Waals surface area contributed by atoms with Gasteiger partial charge >= 0.3 is 0 Å². The molecule has 0 radical (unpaired) electrons. The Hall–Kier alpha value is -2.00. The zero-order chi connectivity index (χ0) is 14.2. The summed E-state index contributed by atoms with van der Waals surface area (Å²) in [4.78, 5) is 18.6. The van der Waals surface area contributed by atoms with Gasteiger partial charge in [0.05, 0.1) is 5.69 Å². The standard InChI is InChI=1S/C17H20N2O/c1-2-19(14-16-10-6-7-12-18-16)13-11-17(20)15-8-4-3-5-9-15/h3-10,12H,2,11,13-14H2,1H3. The summed E-state index contributed by atoms with van der Waals surface area (Å²) in [5, 5.41) is 0. The number of ketones is 1. The van der Waals surface area contributed by atoms with Crippen LogP contribution in [0.1, 0.15) is 29.4 Å². The summed E-state index contributed by atoms with van der Waals surface area (Å²) in [7, 11) is 0. The predicted molar refractivity (Wildman–Crippen MR) is 80.6 cm³/mol. The molecule has 0 saturated heterocycles. The van der Waals surface area contributed by atoms with Crippen LogP contribution in [-0.2, 0) is 6.54 Å². The highest BCUT2D eigenvalue weighted by atomic mass is 16.1. The van der Waals surface area contributed by atoms with Crippen molar-refractivity contribution in [3.05, 3.63) is 66.0 Å². The molecule has 1 aromatic carbocycles. The Morgan fingerprint density at radius 1 is 1.10 bits per heavy atom. The Morgan fingerprint density at radius 2 is 1.85 bits per heavy atom. The molecular formula is C17H20N2O. The minimum Gasteiger partial charge on any atom is -0.297 e. The molecule has 0 aliphatic carbocycles. The monoisotopic (exact) mass is 268 g/mol. The van der Waals surface area contributed by atoms with Gasteiger partial charge in [-0.15, -0.1) is 0 Å². The van der Waals surface area contributed by atoms with Crippen molar-refractivity contribution in [3.8, 4) is 0 Å². The molecule has 104 valence electrons. The Kier molecular flexibility index (Phi) is 5.44. The predicted octanol–water partition coefficient (Wildman–Crippen LogP) is 3.18. The van der Waals surface area contributed by atoms with E-state index < -0.39 is 0 Å². The van der Waals surface area contributed by atoms with Crippen LogP contribution in [0.2, 0.25) is 0 Å². The highest BCUT2D eigenvalue weighted by molar-refractivity contribution is 5.96. The average molecular weight is 268 g/mol. The average Bonchev–Trinajstić information content (AvgIpc) is 2.53. The number of carbonyl (C=O) groups excluding carboxylic acids is 1. The van der Waals surface area contributed by atoms with Crippen molar-refractivity contribution < 1.29 is 4.79 Å². The molecule has 0 N–H and O–H groups in total. The second-order valence-electron chi connectivity index (χ2n) is 4.73. The van der Waals surface area contributed by atoms with Gasteiger partial charge in [-0.1, -0.05) is 43.3 Å². The molecule has 0 fully saturated rings. The van der Waals surface area contributed by atoms with Crippen LogP contribution in [-0.4, -0.2) is 28.8 Å². The third-order valence-corrected chi connectivity index (χ3v) is 3.31. The van der Waals surface area contributed by atoms with Gasteiger partial charge in [0.2, 0.25) is 0 Å².